The van der Waals surface area contributed by atoms with Crippen LogP contribution in [0.2, 0.25) is 0 Å². The highest BCUT2D eigenvalue weighted by Gasteiger charge is 2.06. The molecule has 0 aliphatic heterocycles. The average Bonchev–Trinajstić information content (AvgIpc) is 2.47. The van der Waals surface area contributed by atoms with E-state index in [0.29, 0.717) is 13.0 Å². The third-order valence-electron chi connectivity index (χ3n) is 3.54. The minimum atomic E-state index is 0.0967. The van der Waals surface area contributed by atoms with Gasteiger partial charge in [0.15, 0.2) is 0 Å². The number of hydrogen-bond acceptors (Lipinski definition) is 2. The zero-order chi connectivity index (χ0) is 14.6. The van der Waals surface area contributed by atoms with Crippen molar-refractivity contribution in [1.82, 2.24) is 5.32 Å². The van der Waals surface area contributed by atoms with Crippen LogP contribution in [0.3, 0.4) is 0 Å². The van der Waals surface area contributed by atoms with Crippen LogP contribution in [0.5, 0.6) is 0 Å². The molecule has 0 aliphatic carbocycles. The van der Waals surface area contributed by atoms with Crippen molar-refractivity contribution >= 4 is 5.91 Å². The van der Waals surface area contributed by atoms with E-state index < -0.39 is 0 Å². The van der Waals surface area contributed by atoms with Crippen molar-refractivity contribution in [3.63, 3.8) is 0 Å². The molecular formula is C17H28N2O. The molecule has 1 amide bonds. The summed E-state index contributed by atoms with van der Waals surface area (Å²) < 4.78 is 0. The lowest BCUT2D eigenvalue weighted by Crippen LogP contribution is -2.26. The first-order valence-corrected chi connectivity index (χ1v) is 7.81. The lowest BCUT2D eigenvalue weighted by atomic mass is 10.0. The molecule has 0 saturated carbocycles. The van der Waals surface area contributed by atoms with Crippen LogP contribution in [-0.4, -0.2) is 12.5 Å². The van der Waals surface area contributed by atoms with Gasteiger partial charge in [-0.25, -0.2) is 0 Å². The molecule has 1 rings (SSSR count). The van der Waals surface area contributed by atoms with E-state index in [2.05, 4.69) is 12.2 Å². The maximum absolute atomic E-state index is 11.9. The summed E-state index contributed by atoms with van der Waals surface area (Å²) in [4.78, 5) is 11.9. The highest BCUT2D eigenvalue weighted by Crippen LogP contribution is 2.08. The number of carbonyl (C=O) groups excluding carboxylic acids is 1. The summed E-state index contributed by atoms with van der Waals surface area (Å²) >= 11 is 0. The predicted octanol–water partition coefficient (Wildman–Crippen LogP) is 3.16. The van der Waals surface area contributed by atoms with E-state index in [4.69, 9.17) is 5.73 Å². The zero-order valence-corrected chi connectivity index (χ0v) is 12.7. The Kier molecular flexibility index (Phi) is 8.72. The summed E-state index contributed by atoms with van der Waals surface area (Å²) in [6.07, 6.45) is 7.91. The molecule has 0 aliphatic rings. The van der Waals surface area contributed by atoms with E-state index >= 15 is 0 Å². The van der Waals surface area contributed by atoms with Crippen LogP contribution in [0.15, 0.2) is 24.3 Å². The standard InChI is InChI=1S/C17H28N2O/c1-2-3-4-5-6-9-12-19-17(20)13-15-10-7-8-11-16(15)14-18/h7-8,10-11H,2-6,9,12-14,18H2,1H3,(H,19,20). The van der Waals surface area contributed by atoms with Crippen molar-refractivity contribution in [2.45, 2.75) is 58.4 Å². The second-order valence-electron chi connectivity index (χ2n) is 5.27. The van der Waals surface area contributed by atoms with Crippen molar-refractivity contribution in [3.8, 4) is 0 Å². The van der Waals surface area contributed by atoms with E-state index in [1.54, 1.807) is 0 Å². The molecule has 0 heterocycles. The van der Waals surface area contributed by atoms with Gasteiger partial charge in [0.2, 0.25) is 5.91 Å². The number of unbranched alkanes of at least 4 members (excludes halogenated alkanes) is 5. The van der Waals surface area contributed by atoms with Gasteiger partial charge >= 0.3 is 0 Å². The Morgan fingerprint density at radius 3 is 2.40 bits per heavy atom. The summed E-state index contributed by atoms with van der Waals surface area (Å²) in [6, 6.07) is 7.87. The van der Waals surface area contributed by atoms with E-state index in [1.165, 1.54) is 32.1 Å². The number of amides is 1. The first kappa shape index (κ1) is 16.7. The van der Waals surface area contributed by atoms with Gasteiger partial charge in [0, 0.05) is 13.1 Å². The monoisotopic (exact) mass is 276 g/mol. The fourth-order valence-corrected chi connectivity index (χ4v) is 2.30. The Labute approximate surface area is 122 Å². The fourth-order valence-electron chi connectivity index (χ4n) is 2.30. The Balaban J connectivity index is 2.17. The van der Waals surface area contributed by atoms with Crippen LogP contribution in [-0.2, 0) is 17.8 Å². The minimum absolute atomic E-state index is 0.0967. The summed E-state index contributed by atoms with van der Waals surface area (Å²) in [6.45, 7) is 3.50. The van der Waals surface area contributed by atoms with E-state index in [9.17, 15) is 4.79 Å². The maximum Gasteiger partial charge on any atom is 0.224 e. The highest BCUT2D eigenvalue weighted by atomic mass is 16.1. The molecule has 0 unspecified atom stereocenters. The van der Waals surface area contributed by atoms with Gasteiger partial charge in [-0.15, -0.1) is 0 Å². The van der Waals surface area contributed by atoms with Crippen molar-refractivity contribution in [2.75, 3.05) is 6.54 Å². The Morgan fingerprint density at radius 2 is 1.70 bits per heavy atom. The molecular weight excluding hydrogens is 248 g/mol. The molecule has 0 aromatic heterocycles. The summed E-state index contributed by atoms with van der Waals surface area (Å²) in [5, 5.41) is 2.99. The molecule has 0 spiro atoms. The second kappa shape index (κ2) is 10.4. The first-order valence-electron chi connectivity index (χ1n) is 7.81. The van der Waals surface area contributed by atoms with Gasteiger partial charge in [-0.1, -0.05) is 63.3 Å². The van der Waals surface area contributed by atoms with E-state index in [-0.39, 0.29) is 5.91 Å². The molecule has 3 nitrogen and oxygen atoms in total. The molecule has 0 bridgehead atoms. The number of benzene rings is 1. The van der Waals surface area contributed by atoms with Gasteiger partial charge in [-0.3, -0.25) is 4.79 Å². The van der Waals surface area contributed by atoms with Crippen LogP contribution in [0.4, 0.5) is 0 Å². The second-order valence-corrected chi connectivity index (χ2v) is 5.27. The molecule has 3 N–H and O–H groups in total. The van der Waals surface area contributed by atoms with Crippen LogP contribution in [0, 0.1) is 0 Å². The van der Waals surface area contributed by atoms with Gasteiger partial charge in [0.05, 0.1) is 6.42 Å². The quantitative estimate of drug-likeness (QED) is 0.645. The van der Waals surface area contributed by atoms with Gasteiger partial charge in [0.1, 0.15) is 0 Å². The Morgan fingerprint density at radius 1 is 1.05 bits per heavy atom. The molecule has 3 heteroatoms. The summed E-state index contributed by atoms with van der Waals surface area (Å²) in [7, 11) is 0. The molecule has 0 radical (unpaired) electrons. The molecule has 1 aromatic rings. The third-order valence-corrected chi connectivity index (χ3v) is 3.54. The van der Waals surface area contributed by atoms with Crippen LogP contribution < -0.4 is 11.1 Å². The topological polar surface area (TPSA) is 55.1 Å². The molecule has 1 aromatic carbocycles. The van der Waals surface area contributed by atoms with Crippen molar-refractivity contribution < 1.29 is 4.79 Å². The van der Waals surface area contributed by atoms with Crippen molar-refractivity contribution in [3.05, 3.63) is 35.4 Å². The average molecular weight is 276 g/mol. The van der Waals surface area contributed by atoms with Gasteiger partial charge in [0.25, 0.3) is 0 Å². The maximum atomic E-state index is 11.9. The molecule has 0 saturated heterocycles. The molecule has 0 fully saturated rings. The number of nitrogens with two attached hydrogens (primary N) is 1. The lowest BCUT2D eigenvalue weighted by molar-refractivity contribution is -0.120. The summed E-state index contributed by atoms with van der Waals surface area (Å²) in [5.41, 5.74) is 7.77. The summed E-state index contributed by atoms with van der Waals surface area (Å²) in [5.74, 6) is 0.0967. The van der Waals surface area contributed by atoms with Crippen molar-refractivity contribution in [2.24, 2.45) is 5.73 Å². The number of nitrogens with one attached hydrogen (secondary N) is 1. The first-order chi connectivity index (χ1) is 9.77. The van der Waals surface area contributed by atoms with E-state index in [0.717, 1.165) is 24.1 Å². The van der Waals surface area contributed by atoms with Crippen LogP contribution in [0.1, 0.15) is 56.6 Å². The minimum Gasteiger partial charge on any atom is -0.356 e. The number of carbonyl (C=O) groups is 1. The highest BCUT2D eigenvalue weighted by molar-refractivity contribution is 5.78. The van der Waals surface area contributed by atoms with Crippen molar-refractivity contribution in [1.29, 1.82) is 0 Å². The Bertz CT molecular complexity index is 390. The Hall–Kier alpha value is -1.35. The zero-order valence-electron chi connectivity index (χ0n) is 12.7. The SMILES string of the molecule is CCCCCCCCNC(=O)Cc1ccccc1CN. The van der Waals surface area contributed by atoms with E-state index in [1.807, 2.05) is 24.3 Å². The van der Waals surface area contributed by atoms with Crippen LogP contribution >= 0.6 is 0 Å². The smallest absolute Gasteiger partial charge is 0.224 e. The lowest BCUT2D eigenvalue weighted by Gasteiger charge is -2.08. The van der Waals surface area contributed by atoms with Crippen LogP contribution in [0.25, 0.3) is 0 Å². The third kappa shape index (κ3) is 6.71. The van der Waals surface area contributed by atoms with Gasteiger partial charge < -0.3 is 11.1 Å². The van der Waals surface area contributed by atoms with Gasteiger partial charge in [-0.05, 0) is 17.5 Å². The van der Waals surface area contributed by atoms with Gasteiger partial charge in [-0.2, -0.15) is 0 Å². The molecule has 0 atom stereocenters. The normalized spacial score (nSPS) is 10.5. The molecule has 112 valence electrons. The number of hydrogen-bond donors (Lipinski definition) is 2. The molecule has 20 heavy (non-hydrogen) atoms. The number of rotatable bonds is 10. The predicted molar refractivity (Wildman–Crippen MR) is 84.4 cm³/mol. The largest absolute Gasteiger partial charge is 0.356 e. The fraction of sp³-hybridized carbons (Fsp3) is 0.588.